The molecule has 0 aliphatic rings. The summed E-state index contributed by atoms with van der Waals surface area (Å²) in [5.41, 5.74) is 0. The third-order valence-corrected chi connectivity index (χ3v) is 21.0. The van der Waals surface area contributed by atoms with Gasteiger partial charge in [-0.05, 0) is 43.4 Å². The van der Waals surface area contributed by atoms with Crippen molar-refractivity contribution in [1.29, 1.82) is 0 Å². The summed E-state index contributed by atoms with van der Waals surface area (Å²) < 4.78 is 68.7. The van der Waals surface area contributed by atoms with Crippen LogP contribution in [0.3, 0.4) is 0 Å². The van der Waals surface area contributed by atoms with Gasteiger partial charge in [-0.15, -0.1) is 0 Å². The van der Waals surface area contributed by atoms with Gasteiger partial charge in [0, 0.05) is 25.7 Å². The van der Waals surface area contributed by atoms with Crippen LogP contribution in [-0.4, -0.2) is 96.7 Å². The number of aliphatic hydroxyl groups excluding tert-OH is 1. The Bertz CT molecular complexity index is 1960. The lowest BCUT2D eigenvalue weighted by molar-refractivity contribution is -0.161. The molecule has 0 rings (SSSR count). The maximum Gasteiger partial charge on any atom is 0.472 e. The van der Waals surface area contributed by atoms with Crippen LogP contribution in [0.25, 0.3) is 0 Å². The van der Waals surface area contributed by atoms with Gasteiger partial charge in [0.05, 0.1) is 26.4 Å². The van der Waals surface area contributed by atoms with Gasteiger partial charge in [-0.2, -0.15) is 0 Å². The molecule has 0 aromatic rings. The summed E-state index contributed by atoms with van der Waals surface area (Å²) in [7, 11) is -9.92. The Balaban J connectivity index is 5.20. The van der Waals surface area contributed by atoms with Crippen LogP contribution in [0.1, 0.15) is 427 Å². The van der Waals surface area contributed by atoms with Gasteiger partial charge in [0.15, 0.2) is 12.2 Å². The molecule has 17 nitrogen and oxygen atoms in total. The molecular formula is C82H160O17P2. The average molecular weight is 1480 g/mol. The smallest absolute Gasteiger partial charge is 0.462 e. The van der Waals surface area contributed by atoms with Crippen molar-refractivity contribution in [3.63, 3.8) is 0 Å². The fourth-order valence-electron chi connectivity index (χ4n) is 12.7. The van der Waals surface area contributed by atoms with Gasteiger partial charge < -0.3 is 33.8 Å². The summed E-state index contributed by atoms with van der Waals surface area (Å²) in [4.78, 5) is 73.0. The molecule has 0 bridgehead atoms. The van der Waals surface area contributed by atoms with Crippen LogP contribution in [0.4, 0.5) is 0 Å². The van der Waals surface area contributed by atoms with Crippen molar-refractivity contribution in [1.82, 2.24) is 0 Å². The maximum absolute atomic E-state index is 13.1. The Morgan fingerprint density at radius 2 is 0.455 bits per heavy atom. The Kier molecular flexibility index (Phi) is 70.9. The predicted octanol–water partition coefficient (Wildman–Crippen LogP) is 24.5. The zero-order valence-electron chi connectivity index (χ0n) is 66.4. The van der Waals surface area contributed by atoms with Gasteiger partial charge in [-0.1, -0.05) is 376 Å². The topological polar surface area (TPSA) is 237 Å². The van der Waals surface area contributed by atoms with E-state index in [1.54, 1.807) is 0 Å². The zero-order chi connectivity index (χ0) is 74.4. The van der Waals surface area contributed by atoms with Crippen molar-refractivity contribution in [3.05, 3.63) is 0 Å². The summed E-state index contributed by atoms with van der Waals surface area (Å²) in [6.07, 6.45) is 61.2. The molecule has 3 N–H and O–H groups in total. The quantitative estimate of drug-likeness (QED) is 0.0222. The molecule has 0 aromatic heterocycles. The molecule has 0 saturated heterocycles. The Morgan fingerprint density at radius 3 is 0.673 bits per heavy atom. The highest BCUT2D eigenvalue weighted by Gasteiger charge is 2.30. The van der Waals surface area contributed by atoms with Crippen molar-refractivity contribution in [2.24, 2.45) is 17.8 Å². The molecule has 2 unspecified atom stereocenters. The number of phosphoric acid groups is 2. The fraction of sp³-hybridized carbons (Fsp3) is 0.951. The number of carbonyl (C=O) groups is 4. The van der Waals surface area contributed by atoms with Gasteiger partial charge in [-0.3, -0.25) is 37.3 Å². The normalized spacial score (nSPS) is 14.0. The number of carbonyl (C=O) groups excluding carboxylic acids is 4. The highest BCUT2D eigenvalue weighted by molar-refractivity contribution is 7.47. The van der Waals surface area contributed by atoms with Crippen LogP contribution in [0.15, 0.2) is 0 Å². The molecule has 0 aliphatic carbocycles. The van der Waals surface area contributed by atoms with E-state index in [1.807, 2.05) is 0 Å². The van der Waals surface area contributed by atoms with E-state index in [9.17, 15) is 43.2 Å². The number of hydrogen-bond donors (Lipinski definition) is 3. The summed E-state index contributed by atoms with van der Waals surface area (Å²) >= 11 is 0. The second-order valence-corrected chi connectivity index (χ2v) is 33.8. The number of esters is 4. The number of unbranched alkanes of at least 4 members (excludes halogenated alkanes) is 48. The van der Waals surface area contributed by atoms with Gasteiger partial charge in [0.1, 0.15) is 19.3 Å². The molecule has 0 fully saturated rings. The Hall–Kier alpha value is -1.94. The van der Waals surface area contributed by atoms with E-state index in [2.05, 4.69) is 48.5 Å². The first-order valence-corrected chi connectivity index (χ1v) is 45.3. The zero-order valence-corrected chi connectivity index (χ0v) is 68.2. The first-order valence-electron chi connectivity index (χ1n) is 42.3. The number of aliphatic hydroxyl groups is 1. The standard InChI is InChI=1S/C82H160O17P2/c1-8-9-10-11-12-13-34-42-49-56-63-79(84)92-70-78(99-82(87)66-59-52-45-38-37-41-48-55-62-75(6)7)72-97-101(90,91)95-68-76(83)67-94-100(88,89)96-71-77(69-93-80(85)64-57-50-43-35-30-26-22-19-18-21-25-29-33-40-47-54-61-74(4)5)98-81(86)65-58-51-44-36-31-27-23-17-15-14-16-20-24-28-32-39-46-53-60-73(2)3/h73-78,83H,8-72H2,1-7H3,(H,88,89)(H,90,91)/t76-,77-,78-/m1/s1. The maximum atomic E-state index is 13.1. The Morgan fingerprint density at radius 1 is 0.267 bits per heavy atom. The number of phosphoric ester groups is 2. The van der Waals surface area contributed by atoms with Crippen LogP contribution in [0.5, 0.6) is 0 Å². The van der Waals surface area contributed by atoms with Crippen molar-refractivity contribution >= 4 is 39.5 Å². The van der Waals surface area contributed by atoms with Crippen LogP contribution in [-0.2, 0) is 65.4 Å². The largest absolute Gasteiger partial charge is 0.472 e. The van der Waals surface area contributed by atoms with Crippen molar-refractivity contribution in [3.8, 4) is 0 Å². The molecule has 0 aromatic carbocycles. The van der Waals surface area contributed by atoms with Gasteiger partial charge >= 0.3 is 39.5 Å². The van der Waals surface area contributed by atoms with E-state index in [0.717, 1.165) is 108 Å². The Labute approximate surface area is 619 Å². The molecule has 19 heteroatoms. The van der Waals surface area contributed by atoms with Crippen LogP contribution < -0.4 is 0 Å². The molecule has 0 radical (unpaired) electrons. The van der Waals surface area contributed by atoms with Gasteiger partial charge in [-0.25, -0.2) is 9.13 Å². The third-order valence-electron chi connectivity index (χ3n) is 19.1. The molecule has 0 amide bonds. The molecule has 101 heavy (non-hydrogen) atoms. The molecule has 5 atom stereocenters. The highest BCUT2D eigenvalue weighted by atomic mass is 31.2. The minimum atomic E-state index is -4.96. The minimum absolute atomic E-state index is 0.105. The highest BCUT2D eigenvalue weighted by Crippen LogP contribution is 2.45. The fourth-order valence-corrected chi connectivity index (χ4v) is 14.2. The van der Waals surface area contributed by atoms with E-state index >= 15 is 0 Å². The first kappa shape index (κ1) is 99.1. The summed E-state index contributed by atoms with van der Waals surface area (Å²) in [6.45, 7) is 12.0. The van der Waals surface area contributed by atoms with Crippen LogP contribution >= 0.6 is 15.6 Å². The van der Waals surface area contributed by atoms with Crippen LogP contribution in [0, 0.1) is 17.8 Å². The molecule has 0 spiro atoms. The number of ether oxygens (including phenoxy) is 4. The van der Waals surface area contributed by atoms with Crippen LogP contribution in [0.2, 0.25) is 0 Å². The molecule has 0 aliphatic heterocycles. The lowest BCUT2D eigenvalue weighted by Crippen LogP contribution is -2.30. The minimum Gasteiger partial charge on any atom is -0.462 e. The summed E-state index contributed by atoms with van der Waals surface area (Å²) in [6, 6.07) is 0. The second kappa shape index (κ2) is 72.3. The van der Waals surface area contributed by atoms with E-state index in [4.69, 9.17) is 37.0 Å². The molecule has 0 heterocycles. The third kappa shape index (κ3) is 76.1. The molecule has 600 valence electrons. The molecule has 0 saturated carbocycles. The molecular weight excluding hydrogens is 1320 g/mol. The van der Waals surface area contributed by atoms with E-state index in [-0.39, 0.29) is 25.7 Å². The average Bonchev–Trinajstić information content (AvgIpc) is 1.01. The lowest BCUT2D eigenvalue weighted by Gasteiger charge is -2.21. The summed E-state index contributed by atoms with van der Waals surface area (Å²) in [5.74, 6) is 0.239. The van der Waals surface area contributed by atoms with Gasteiger partial charge in [0.2, 0.25) is 0 Å². The van der Waals surface area contributed by atoms with E-state index in [0.29, 0.717) is 25.7 Å². The second-order valence-electron chi connectivity index (χ2n) is 30.9. The van der Waals surface area contributed by atoms with Crippen molar-refractivity contribution in [2.75, 3.05) is 39.6 Å². The van der Waals surface area contributed by atoms with Crippen molar-refractivity contribution < 1.29 is 80.2 Å². The van der Waals surface area contributed by atoms with Crippen molar-refractivity contribution in [2.45, 2.75) is 446 Å². The van der Waals surface area contributed by atoms with E-state index in [1.165, 1.54) is 238 Å². The van der Waals surface area contributed by atoms with E-state index < -0.39 is 97.5 Å². The van der Waals surface area contributed by atoms with Gasteiger partial charge in [0.25, 0.3) is 0 Å². The first-order chi connectivity index (χ1) is 48.7. The number of rotatable bonds is 80. The predicted molar refractivity (Wildman–Crippen MR) is 414 cm³/mol. The SMILES string of the molecule is CCCCCCCCCCCCC(=O)OC[C@H](COP(=O)(O)OC[C@H](O)COP(=O)(O)OC[C@@H](COC(=O)CCCCCCCCCCCCCCCCCCC(C)C)OC(=O)CCCCCCCCCCCCCCCCCCCCC(C)C)OC(=O)CCCCCCCCCCC(C)C. The summed E-state index contributed by atoms with van der Waals surface area (Å²) in [5, 5.41) is 10.6. The monoisotopic (exact) mass is 1480 g/mol. The number of hydrogen-bond acceptors (Lipinski definition) is 15. The lowest BCUT2D eigenvalue weighted by atomic mass is 10.0.